The number of rotatable bonds is 4. The molecule has 0 bridgehead atoms. The number of aromatic nitrogens is 3. The van der Waals surface area contributed by atoms with Gasteiger partial charge in [-0.15, -0.1) is 0 Å². The van der Waals surface area contributed by atoms with Gasteiger partial charge in [0.2, 0.25) is 0 Å². The number of nitrogens with zero attached hydrogens (tertiary/aromatic N) is 4. The number of alkyl halides is 3. The highest BCUT2D eigenvalue weighted by molar-refractivity contribution is 5.94. The molecule has 0 saturated carbocycles. The van der Waals surface area contributed by atoms with E-state index in [0.29, 0.717) is 0 Å². The van der Waals surface area contributed by atoms with E-state index in [1.54, 1.807) is 0 Å². The zero-order valence-electron chi connectivity index (χ0n) is 11.3. The zero-order valence-corrected chi connectivity index (χ0v) is 11.3. The average Bonchev–Trinajstić information content (AvgIpc) is 2.93. The van der Waals surface area contributed by atoms with Crippen molar-refractivity contribution in [3.05, 3.63) is 41.6 Å². The summed E-state index contributed by atoms with van der Waals surface area (Å²) in [5, 5.41) is 3.18. The van der Waals surface area contributed by atoms with E-state index in [4.69, 9.17) is 0 Å². The normalized spacial score (nSPS) is 11.5. The fourth-order valence-electron chi connectivity index (χ4n) is 1.59. The third-order valence-corrected chi connectivity index (χ3v) is 2.73. The van der Waals surface area contributed by atoms with Crippen molar-refractivity contribution < 1.29 is 26.9 Å². The Morgan fingerprint density at radius 2 is 2.14 bits per heavy atom. The molecule has 0 aliphatic heterocycles. The fraction of sp³-hybridized carbons (Fsp3) is 0.333. The summed E-state index contributed by atoms with van der Waals surface area (Å²) in [6.07, 6.45) is -2.61. The maximum atomic E-state index is 13.4. The smallest absolute Gasteiger partial charge is 0.341 e. The number of carbonyl (C=O) groups excluding carboxylic acids is 1. The minimum absolute atomic E-state index is 0.00255. The van der Waals surface area contributed by atoms with Crippen LogP contribution >= 0.6 is 0 Å². The van der Waals surface area contributed by atoms with Gasteiger partial charge in [0.05, 0.1) is 11.8 Å². The second kappa shape index (κ2) is 6.08. The van der Waals surface area contributed by atoms with Crippen molar-refractivity contribution in [3.8, 4) is 0 Å². The molecule has 2 aromatic heterocycles. The highest BCUT2D eigenvalue weighted by atomic mass is 19.4. The molecule has 2 heterocycles. The predicted molar refractivity (Wildman–Crippen MR) is 64.2 cm³/mol. The number of carbonyl (C=O) groups is 1. The SMILES string of the molecule is CN(CCc1noc(C(F)(F)F)n1)C(=O)c1ccncc1F. The molecule has 118 valence electrons. The maximum absolute atomic E-state index is 13.4. The molecule has 0 aliphatic rings. The van der Waals surface area contributed by atoms with E-state index in [1.807, 2.05) is 0 Å². The molecule has 0 fully saturated rings. The molecule has 0 N–H and O–H groups in total. The van der Waals surface area contributed by atoms with Crippen LogP contribution in [-0.4, -0.2) is 39.5 Å². The second-order valence-electron chi connectivity index (χ2n) is 4.35. The fourth-order valence-corrected chi connectivity index (χ4v) is 1.59. The Morgan fingerprint density at radius 1 is 1.41 bits per heavy atom. The van der Waals surface area contributed by atoms with Gasteiger partial charge < -0.3 is 9.42 Å². The Kier molecular flexibility index (Phi) is 4.38. The summed E-state index contributed by atoms with van der Waals surface area (Å²) in [4.78, 5) is 19.8. The molecule has 0 spiro atoms. The van der Waals surface area contributed by atoms with Gasteiger partial charge in [-0.05, 0) is 6.07 Å². The number of amides is 1. The third kappa shape index (κ3) is 3.57. The van der Waals surface area contributed by atoms with Gasteiger partial charge in [-0.1, -0.05) is 5.16 Å². The quantitative estimate of drug-likeness (QED) is 0.806. The highest BCUT2D eigenvalue weighted by Gasteiger charge is 2.38. The first kappa shape index (κ1) is 15.9. The number of hydrogen-bond donors (Lipinski definition) is 0. The van der Waals surface area contributed by atoms with Crippen molar-refractivity contribution in [2.24, 2.45) is 0 Å². The van der Waals surface area contributed by atoms with Crippen LogP contribution in [0.1, 0.15) is 22.1 Å². The van der Waals surface area contributed by atoms with Crippen molar-refractivity contribution in [1.82, 2.24) is 20.0 Å². The summed E-state index contributed by atoms with van der Waals surface area (Å²) < 4.78 is 54.3. The number of likely N-dealkylation sites (N-methyl/N-ethyl adjacent to an activating group) is 1. The van der Waals surface area contributed by atoms with Crippen LogP contribution < -0.4 is 0 Å². The molecule has 0 atom stereocenters. The molecule has 1 amide bonds. The van der Waals surface area contributed by atoms with Crippen molar-refractivity contribution in [2.75, 3.05) is 13.6 Å². The summed E-state index contributed by atoms with van der Waals surface area (Å²) >= 11 is 0. The van der Waals surface area contributed by atoms with Gasteiger partial charge in [0.1, 0.15) is 0 Å². The van der Waals surface area contributed by atoms with Gasteiger partial charge in [0.25, 0.3) is 5.91 Å². The third-order valence-electron chi connectivity index (χ3n) is 2.73. The Labute approximate surface area is 121 Å². The summed E-state index contributed by atoms with van der Waals surface area (Å²) in [6, 6.07) is 1.21. The van der Waals surface area contributed by atoms with E-state index in [9.17, 15) is 22.4 Å². The van der Waals surface area contributed by atoms with E-state index in [1.165, 1.54) is 19.3 Å². The van der Waals surface area contributed by atoms with Crippen LogP contribution in [-0.2, 0) is 12.6 Å². The van der Waals surface area contributed by atoms with Crippen LogP contribution in [0, 0.1) is 5.82 Å². The Bertz CT molecular complexity index is 671. The topological polar surface area (TPSA) is 72.1 Å². The Morgan fingerprint density at radius 3 is 2.73 bits per heavy atom. The first-order chi connectivity index (χ1) is 10.3. The molecule has 0 aliphatic carbocycles. The predicted octanol–water partition coefficient (Wildman–Crippen LogP) is 1.94. The molecule has 6 nitrogen and oxygen atoms in total. The van der Waals surface area contributed by atoms with Crippen molar-refractivity contribution >= 4 is 5.91 Å². The van der Waals surface area contributed by atoms with Crippen LogP contribution in [0.25, 0.3) is 0 Å². The molecule has 2 rings (SSSR count). The Balaban J connectivity index is 1.98. The molecule has 0 unspecified atom stereocenters. The lowest BCUT2D eigenvalue weighted by Crippen LogP contribution is -2.29. The van der Waals surface area contributed by atoms with Crippen LogP contribution in [0.5, 0.6) is 0 Å². The van der Waals surface area contributed by atoms with Gasteiger partial charge >= 0.3 is 12.1 Å². The van der Waals surface area contributed by atoms with Gasteiger partial charge in [0.15, 0.2) is 11.6 Å². The van der Waals surface area contributed by atoms with E-state index in [-0.39, 0.29) is 24.4 Å². The summed E-state index contributed by atoms with van der Waals surface area (Å²) in [7, 11) is 1.38. The average molecular weight is 318 g/mol. The number of halogens is 4. The van der Waals surface area contributed by atoms with E-state index in [2.05, 4.69) is 19.6 Å². The highest BCUT2D eigenvalue weighted by Crippen LogP contribution is 2.27. The summed E-state index contributed by atoms with van der Waals surface area (Å²) in [5.41, 5.74) is -0.179. The molecule has 2 aromatic rings. The van der Waals surface area contributed by atoms with Crippen molar-refractivity contribution in [2.45, 2.75) is 12.6 Å². The zero-order chi connectivity index (χ0) is 16.3. The summed E-state index contributed by atoms with van der Waals surface area (Å²) in [6.45, 7) is -0.00255. The first-order valence-corrected chi connectivity index (χ1v) is 6.04. The van der Waals surface area contributed by atoms with E-state index >= 15 is 0 Å². The first-order valence-electron chi connectivity index (χ1n) is 6.04. The van der Waals surface area contributed by atoms with Crippen LogP contribution in [0.3, 0.4) is 0 Å². The molecule has 0 radical (unpaired) electrons. The minimum Gasteiger partial charge on any atom is -0.341 e. The van der Waals surface area contributed by atoms with E-state index in [0.717, 1.165) is 11.1 Å². The molecule has 0 aromatic carbocycles. The van der Waals surface area contributed by atoms with Gasteiger partial charge in [0, 0.05) is 26.2 Å². The van der Waals surface area contributed by atoms with E-state index < -0.39 is 23.8 Å². The maximum Gasteiger partial charge on any atom is 0.471 e. The summed E-state index contributed by atoms with van der Waals surface area (Å²) in [5.74, 6) is -3.04. The van der Waals surface area contributed by atoms with Crippen LogP contribution in [0.2, 0.25) is 0 Å². The Hall–Kier alpha value is -2.52. The van der Waals surface area contributed by atoms with Gasteiger partial charge in [-0.3, -0.25) is 9.78 Å². The monoisotopic (exact) mass is 318 g/mol. The van der Waals surface area contributed by atoms with Crippen molar-refractivity contribution in [3.63, 3.8) is 0 Å². The minimum atomic E-state index is -4.72. The molecular weight excluding hydrogens is 308 g/mol. The molecule has 22 heavy (non-hydrogen) atoms. The molecule has 0 saturated heterocycles. The second-order valence-corrected chi connectivity index (χ2v) is 4.35. The van der Waals surface area contributed by atoms with Crippen LogP contribution in [0.4, 0.5) is 17.6 Å². The lowest BCUT2D eigenvalue weighted by atomic mass is 10.2. The largest absolute Gasteiger partial charge is 0.471 e. The molecular formula is C12H10F4N4O2. The number of pyridine rings is 1. The van der Waals surface area contributed by atoms with Gasteiger partial charge in [-0.2, -0.15) is 18.2 Å². The van der Waals surface area contributed by atoms with Crippen LogP contribution in [0.15, 0.2) is 23.0 Å². The molecule has 10 heteroatoms. The van der Waals surface area contributed by atoms with Crippen molar-refractivity contribution in [1.29, 1.82) is 0 Å². The lowest BCUT2D eigenvalue weighted by molar-refractivity contribution is -0.159. The lowest BCUT2D eigenvalue weighted by Gasteiger charge is -2.16. The standard InChI is InChI=1S/C12H10F4N4O2/c1-20(10(21)7-2-4-17-6-8(7)13)5-3-9-18-11(22-19-9)12(14,15)16/h2,4,6H,3,5H2,1H3. The number of hydrogen-bond acceptors (Lipinski definition) is 5. The van der Waals surface area contributed by atoms with Gasteiger partial charge in [-0.25, -0.2) is 4.39 Å².